The molecule has 0 atom stereocenters. The Bertz CT molecular complexity index is 1040. The number of hydrogen-bond donors (Lipinski definition) is 1. The van der Waals surface area contributed by atoms with Crippen LogP contribution in [-0.4, -0.2) is 32.8 Å². The maximum absolute atomic E-state index is 13.2. The molecule has 0 bridgehead atoms. The molecule has 0 unspecified atom stereocenters. The Kier molecular flexibility index (Phi) is 4.33. The number of carbonyl (C=O) groups excluding carboxylic acids is 1. The third-order valence-corrected chi connectivity index (χ3v) is 4.91. The number of fused-ring (bicyclic) bond motifs is 1. The van der Waals surface area contributed by atoms with Crippen molar-refractivity contribution in [2.75, 3.05) is 12.4 Å². The maximum Gasteiger partial charge on any atom is 0.256 e. The Labute approximate surface area is 164 Å². The molecule has 1 saturated carbocycles. The monoisotopic (exact) mass is 379 g/mol. The largest absolute Gasteiger partial charge is 0.481 e. The molecule has 3 aromatic rings. The number of hydrogen-bond acceptors (Lipinski definition) is 5. The van der Waals surface area contributed by atoms with Crippen LogP contribution in [0.1, 0.15) is 61.3 Å². The molecular formula is C21H25N5O2. The zero-order valence-corrected chi connectivity index (χ0v) is 16.9. The number of carbonyl (C=O) groups is 1. The summed E-state index contributed by atoms with van der Waals surface area (Å²) in [4.78, 5) is 22.2. The molecule has 1 N–H and O–H groups in total. The number of amides is 1. The fraction of sp³-hybridized carbons (Fsp3) is 0.429. The second-order valence-electron chi connectivity index (χ2n) is 8.28. The number of nitrogens with one attached hydrogen (secondary N) is 1. The van der Waals surface area contributed by atoms with Gasteiger partial charge in [0.2, 0.25) is 5.88 Å². The molecule has 28 heavy (non-hydrogen) atoms. The van der Waals surface area contributed by atoms with E-state index in [9.17, 15) is 4.79 Å². The Balaban J connectivity index is 1.80. The number of rotatable bonds is 4. The molecule has 0 saturated heterocycles. The molecule has 0 aromatic carbocycles. The molecule has 4 rings (SSSR count). The summed E-state index contributed by atoms with van der Waals surface area (Å²) in [5.41, 5.74) is 3.54. The number of methoxy groups -OCH3 is 1. The van der Waals surface area contributed by atoms with Crippen LogP contribution in [0, 0.1) is 6.92 Å². The lowest BCUT2D eigenvalue weighted by atomic mass is 10.1. The van der Waals surface area contributed by atoms with E-state index in [1.807, 2.05) is 17.7 Å². The number of anilines is 1. The van der Waals surface area contributed by atoms with E-state index in [0.29, 0.717) is 23.0 Å². The highest BCUT2D eigenvalue weighted by atomic mass is 16.5. The molecule has 0 aliphatic heterocycles. The van der Waals surface area contributed by atoms with Crippen LogP contribution in [0.5, 0.6) is 5.88 Å². The lowest BCUT2D eigenvalue weighted by Crippen LogP contribution is -2.23. The lowest BCUT2D eigenvalue weighted by Gasteiger charge is -2.20. The highest BCUT2D eigenvalue weighted by molar-refractivity contribution is 6.12. The zero-order valence-electron chi connectivity index (χ0n) is 16.9. The standard InChI is InChI=1S/C21H25N5O2/c1-12-18-15(20(27)23-14-8-9-17(28-5)22-11-14)10-16(13-6-7-13)24-19(18)26(25-12)21(2,3)4/h8-11,13H,6-7H2,1-5H3,(H,23,27). The van der Waals surface area contributed by atoms with Crippen molar-refractivity contribution in [1.82, 2.24) is 19.7 Å². The smallest absolute Gasteiger partial charge is 0.256 e. The van der Waals surface area contributed by atoms with Crippen molar-refractivity contribution in [1.29, 1.82) is 0 Å². The summed E-state index contributed by atoms with van der Waals surface area (Å²) >= 11 is 0. The number of nitrogens with zero attached hydrogens (tertiary/aromatic N) is 4. The van der Waals surface area contributed by atoms with Crippen LogP contribution < -0.4 is 10.1 Å². The predicted octanol–water partition coefficient (Wildman–Crippen LogP) is 4.03. The van der Waals surface area contributed by atoms with Crippen molar-refractivity contribution >= 4 is 22.6 Å². The topological polar surface area (TPSA) is 81.9 Å². The Morgan fingerprint density at radius 1 is 1.29 bits per heavy atom. The first-order valence-corrected chi connectivity index (χ1v) is 9.50. The van der Waals surface area contributed by atoms with E-state index in [1.54, 1.807) is 25.4 Å². The van der Waals surface area contributed by atoms with Crippen molar-refractivity contribution in [2.45, 2.75) is 52.0 Å². The summed E-state index contributed by atoms with van der Waals surface area (Å²) < 4.78 is 7.00. The Hall–Kier alpha value is -2.96. The highest BCUT2D eigenvalue weighted by Crippen LogP contribution is 2.41. The van der Waals surface area contributed by atoms with E-state index in [-0.39, 0.29) is 11.4 Å². The zero-order chi connectivity index (χ0) is 20.1. The van der Waals surface area contributed by atoms with E-state index < -0.39 is 0 Å². The van der Waals surface area contributed by atoms with Gasteiger partial charge in [0.05, 0.1) is 41.2 Å². The molecule has 1 aliphatic carbocycles. The summed E-state index contributed by atoms with van der Waals surface area (Å²) in [6, 6.07) is 5.42. The quantitative estimate of drug-likeness (QED) is 0.740. The van der Waals surface area contributed by atoms with Gasteiger partial charge in [-0.15, -0.1) is 0 Å². The van der Waals surface area contributed by atoms with Crippen LogP contribution in [0.3, 0.4) is 0 Å². The number of ether oxygens (including phenoxy) is 1. The first kappa shape index (κ1) is 18.4. The van der Waals surface area contributed by atoms with Gasteiger partial charge in [-0.25, -0.2) is 14.6 Å². The SMILES string of the molecule is COc1ccc(NC(=O)c2cc(C3CC3)nc3c2c(C)nn3C(C)(C)C)cn1. The minimum atomic E-state index is -0.227. The molecule has 7 heteroatoms. The number of aromatic nitrogens is 4. The second kappa shape index (κ2) is 6.58. The minimum Gasteiger partial charge on any atom is -0.481 e. The molecule has 3 aromatic heterocycles. The Morgan fingerprint density at radius 3 is 2.61 bits per heavy atom. The van der Waals surface area contributed by atoms with Gasteiger partial charge in [-0.2, -0.15) is 5.10 Å². The van der Waals surface area contributed by atoms with Crippen molar-refractivity contribution in [3.8, 4) is 5.88 Å². The van der Waals surface area contributed by atoms with Crippen molar-refractivity contribution in [2.24, 2.45) is 0 Å². The van der Waals surface area contributed by atoms with E-state index >= 15 is 0 Å². The van der Waals surface area contributed by atoms with Gasteiger partial charge >= 0.3 is 0 Å². The average Bonchev–Trinajstić information content (AvgIpc) is 3.44. The van der Waals surface area contributed by atoms with Crippen molar-refractivity contribution in [3.05, 3.63) is 41.3 Å². The highest BCUT2D eigenvalue weighted by Gasteiger charge is 2.30. The van der Waals surface area contributed by atoms with Gasteiger partial charge in [-0.3, -0.25) is 4.79 Å². The van der Waals surface area contributed by atoms with E-state index in [2.05, 4.69) is 31.1 Å². The molecular weight excluding hydrogens is 354 g/mol. The summed E-state index contributed by atoms with van der Waals surface area (Å²) in [6.07, 6.45) is 3.82. The van der Waals surface area contributed by atoms with Crippen LogP contribution in [0.25, 0.3) is 11.0 Å². The third-order valence-electron chi connectivity index (χ3n) is 4.91. The predicted molar refractivity (Wildman–Crippen MR) is 108 cm³/mol. The van der Waals surface area contributed by atoms with Crippen molar-refractivity contribution in [3.63, 3.8) is 0 Å². The molecule has 1 aliphatic rings. The molecule has 3 heterocycles. The van der Waals surface area contributed by atoms with Gasteiger partial charge < -0.3 is 10.1 Å². The normalized spacial score (nSPS) is 14.3. The number of aryl methyl sites for hydroxylation is 1. The lowest BCUT2D eigenvalue weighted by molar-refractivity contribution is 0.102. The fourth-order valence-electron chi connectivity index (χ4n) is 3.32. The molecule has 146 valence electrons. The summed E-state index contributed by atoms with van der Waals surface area (Å²) in [6.45, 7) is 8.20. The van der Waals surface area contributed by atoms with Crippen LogP contribution >= 0.6 is 0 Å². The Morgan fingerprint density at radius 2 is 2.04 bits per heavy atom. The van der Waals surface area contributed by atoms with Gasteiger partial charge in [-0.1, -0.05) is 0 Å². The van der Waals surface area contributed by atoms with Gasteiger partial charge in [-0.05, 0) is 52.7 Å². The fourth-order valence-corrected chi connectivity index (χ4v) is 3.32. The average molecular weight is 379 g/mol. The molecule has 1 fully saturated rings. The minimum absolute atomic E-state index is 0.183. The van der Waals surface area contributed by atoms with Gasteiger partial charge in [0.25, 0.3) is 5.91 Å². The molecule has 1 amide bonds. The van der Waals surface area contributed by atoms with Crippen LogP contribution in [0.2, 0.25) is 0 Å². The van der Waals surface area contributed by atoms with Crippen LogP contribution in [0.4, 0.5) is 5.69 Å². The second-order valence-corrected chi connectivity index (χ2v) is 8.28. The van der Waals surface area contributed by atoms with E-state index in [1.165, 1.54) is 0 Å². The van der Waals surface area contributed by atoms with Crippen LogP contribution in [0.15, 0.2) is 24.4 Å². The van der Waals surface area contributed by atoms with Crippen LogP contribution in [-0.2, 0) is 5.54 Å². The van der Waals surface area contributed by atoms with E-state index in [0.717, 1.165) is 35.3 Å². The molecule has 7 nitrogen and oxygen atoms in total. The van der Waals surface area contributed by atoms with Gasteiger partial charge in [0, 0.05) is 17.7 Å². The molecule has 0 radical (unpaired) electrons. The van der Waals surface area contributed by atoms with Gasteiger partial charge in [0.1, 0.15) is 0 Å². The summed E-state index contributed by atoms with van der Waals surface area (Å²) in [5.74, 6) is 0.752. The first-order chi connectivity index (χ1) is 13.3. The summed E-state index contributed by atoms with van der Waals surface area (Å²) in [7, 11) is 1.56. The molecule has 0 spiro atoms. The summed E-state index contributed by atoms with van der Waals surface area (Å²) in [5, 5.41) is 8.45. The van der Waals surface area contributed by atoms with E-state index in [4.69, 9.17) is 14.8 Å². The maximum atomic E-state index is 13.2. The van der Waals surface area contributed by atoms with Gasteiger partial charge in [0.15, 0.2) is 5.65 Å². The number of pyridine rings is 2. The van der Waals surface area contributed by atoms with Crippen molar-refractivity contribution < 1.29 is 9.53 Å². The first-order valence-electron chi connectivity index (χ1n) is 9.50. The third kappa shape index (κ3) is 3.32.